The molecule has 4 rings (SSSR count). The van der Waals surface area contributed by atoms with Crippen molar-refractivity contribution in [3.05, 3.63) is 82.5 Å². The molecule has 0 fully saturated rings. The molecule has 0 spiro atoms. The molecule has 1 N–H and O–H groups in total. The average molecular weight is 548 g/mol. The van der Waals surface area contributed by atoms with Crippen molar-refractivity contribution in [1.29, 1.82) is 0 Å². The van der Waals surface area contributed by atoms with Crippen LogP contribution in [-0.2, 0) is 16.0 Å². The van der Waals surface area contributed by atoms with Crippen LogP contribution in [0, 0.1) is 0 Å². The predicted molar refractivity (Wildman–Crippen MR) is 137 cm³/mol. The van der Waals surface area contributed by atoms with Gasteiger partial charge in [0.15, 0.2) is 9.84 Å². The highest BCUT2D eigenvalue weighted by Crippen LogP contribution is 2.45. The summed E-state index contributed by atoms with van der Waals surface area (Å²) in [6.45, 7) is 3.75. The largest absolute Gasteiger partial charge is 0.478 e. The minimum Gasteiger partial charge on any atom is -0.478 e. The number of pyridine rings is 1. The van der Waals surface area contributed by atoms with E-state index in [9.17, 15) is 31.5 Å². The van der Waals surface area contributed by atoms with E-state index >= 15 is 0 Å². The van der Waals surface area contributed by atoms with E-state index in [-0.39, 0.29) is 32.3 Å². The van der Waals surface area contributed by atoms with Crippen LogP contribution < -0.4 is 0 Å². The van der Waals surface area contributed by atoms with Crippen LogP contribution in [0.25, 0.3) is 33.2 Å². The van der Waals surface area contributed by atoms with Gasteiger partial charge in [0, 0.05) is 23.4 Å². The minimum atomic E-state index is -4.63. The average Bonchev–Trinajstić information content (AvgIpc) is 2.81. The first-order chi connectivity index (χ1) is 17.2. The van der Waals surface area contributed by atoms with Gasteiger partial charge in [0.1, 0.15) is 0 Å². The molecule has 192 valence electrons. The van der Waals surface area contributed by atoms with E-state index in [2.05, 4.69) is 4.98 Å². The summed E-state index contributed by atoms with van der Waals surface area (Å²) in [7, 11) is -3.82. The molecule has 0 atom stereocenters. The fourth-order valence-corrected chi connectivity index (χ4v) is 5.26. The molecule has 0 bridgehead atoms. The highest BCUT2D eigenvalue weighted by atomic mass is 35.5. The first kappa shape index (κ1) is 26.6. The molecule has 0 aliphatic rings. The van der Waals surface area contributed by atoms with Crippen LogP contribution >= 0.6 is 11.6 Å². The Kier molecular flexibility index (Phi) is 6.81. The van der Waals surface area contributed by atoms with E-state index in [1.165, 1.54) is 18.3 Å². The molecule has 0 radical (unpaired) electrons. The molecule has 3 aromatic carbocycles. The van der Waals surface area contributed by atoms with Crippen molar-refractivity contribution < 1.29 is 31.5 Å². The Bertz CT molecular complexity index is 1660. The summed E-state index contributed by atoms with van der Waals surface area (Å²) in [5, 5.41) is 9.75. The fourth-order valence-electron chi connectivity index (χ4n) is 4.31. The van der Waals surface area contributed by atoms with Gasteiger partial charge < -0.3 is 5.11 Å². The number of rotatable bonds is 5. The number of aromatic carboxylic acids is 1. The molecule has 0 aliphatic heterocycles. The maximum atomic E-state index is 13.8. The van der Waals surface area contributed by atoms with Gasteiger partial charge in [-0.1, -0.05) is 61.8 Å². The second kappa shape index (κ2) is 9.46. The quantitative estimate of drug-likeness (QED) is 0.280. The number of aromatic nitrogens is 1. The first-order valence-corrected chi connectivity index (χ1v) is 13.3. The Hall–Kier alpha value is -3.43. The minimum absolute atomic E-state index is 0.129. The van der Waals surface area contributed by atoms with E-state index in [0.717, 1.165) is 18.4 Å². The number of halogens is 4. The zero-order valence-electron chi connectivity index (χ0n) is 19.9. The number of para-hydroxylation sites is 1. The molecular formula is C27H21ClF3NO4S. The summed E-state index contributed by atoms with van der Waals surface area (Å²) in [5.41, 5.74) is 0.569. The molecular weight excluding hydrogens is 527 g/mol. The number of fused-ring (bicyclic) bond motifs is 1. The summed E-state index contributed by atoms with van der Waals surface area (Å²) in [6, 6.07) is 12.7. The first-order valence-electron chi connectivity index (χ1n) is 11.1. The van der Waals surface area contributed by atoms with E-state index in [1.54, 1.807) is 30.3 Å². The number of sulfone groups is 1. The van der Waals surface area contributed by atoms with Crippen LogP contribution in [0.2, 0.25) is 5.02 Å². The number of carboxylic acid groups (broad SMARTS) is 1. The number of alkyl halides is 3. The van der Waals surface area contributed by atoms with Crippen LogP contribution in [-0.4, -0.2) is 30.7 Å². The third-order valence-corrected chi connectivity index (χ3v) is 7.54. The topological polar surface area (TPSA) is 84.3 Å². The van der Waals surface area contributed by atoms with Crippen molar-refractivity contribution in [2.24, 2.45) is 0 Å². The van der Waals surface area contributed by atoms with Crippen molar-refractivity contribution in [3.63, 3.8) is 0 Å². The summed E-state index contributed by atoms with van der Waals surface area (Å²) in [5.74, 6) is -1.55. The maximum Gasteiger partial charge on any atom is 0.418 e. The Morgan fingerprint density at radius 3 is 2.22 bits per heavy atom. The molecule has 0 amide bonds. The fraction of sp³-hybridized carbons (Fsp3) is 0.185. The lowest BCUT2D eigenvalue weighted by molar-refractivity contribution is -0.136. The molecule has 0 aliphatic carbocycles. The van der Waals surface area contributed by atoms with Crippen molar-refractivity contribution in [2.45, 2.75) is 30.8 Å². The van der Waals surface area contributed by atoms with Gasteiger partial charge in [0.2, 0.25) is 0 Å². The second-order valence-corrected chi connectivity index (χ2v) is 11.3. The summed E-state index contributed by atoms with van der Waals surface area (Å²) in [6.07, 6.45) is -2.28. The van der Waals surface area contributed by atoms with E-state index in [1.807, 2.05) is 13.8 Å². The molecule has 10 heteroatoms. The van der Waals surface area contributed by atoms with Crippen LogP contribution in [0.4, 0.5) is 13.2 Å². The molecule has 1 heterocycles. The second-order valence-electron chi connectivity index (χ2n) is 8.90. The van der Waals surface area contributed by atoms with E-state index in [4.69, 9.17) is 11.6 Å². The van der Waals surface area contributed by atoms with Gasteiger partial charge in [-0.3, -0.25) is 4.98 Å². The van der Waals surface area contributed by atoms with Gasteiger partial charge in [-0.05, 0) is 46.4 Å². The van der Waals surface area contributed by atoms with Crippen LogP contribution in [0.1, 0.15) is 41.3 Å². The maximum absolute atomic E-state index is 13.8. The number of benzene rings is 3. The van der Waals surface area contributed by atoms with Crippen molar-refractivity contribution in [1.82, 2.24) is 4.98 Å². The van der Waals surface area contributed by atoms with Gasteiger partial charge in [0.25, 0.3) is 0 Å². The molecule has 5 nitrogen and oxygen atoms in total. The summed E-state index contributed by atoms with van der Waals surface area (Å²) >= 11 is 6.49. The van der Waals surface area contributed by atoms with E-state index < -0.39 is 33.1 Å². The molecule has 0 unspecified atom stereocenters. The SMILES string of the molecule is CC(C)c1cnc2c(C(F)(F)F)cccc2c1-c1ccccc1-c1cc(S(C)(=O)=O)cc(C(=O)O)c1Cl. The standard InChI is InChI=1S/C27H21ClF3NO4S/c1-14(2)21-13-32-25-18(9-6-10-22(25)27(29,30)31)23(21)17-8-5-4-7-16(17)19-11-15(37(3,35)36)12-20(24(19)28)26(33)34/h4-14H,1-3H3,(H,33,34). The normalized spacial score (nSPS) is 12.3. The predicted octanol–water partition coefficient (Wildman–Crippen LogP) is 7.47. The third-order valence-electron chi connectivity index (χ3n) is 6.05. The monoisotopic (exact) mass is 547 g/mol. The van der Waals surface area contributed by atoms with E-state index in [0.29, 0.717) is 22.3 Å². The summed E-state index contributed by atoms with van der Waals surface area (Å²) in [4.78, 5) is 15.8. The highest BCUT2D eigenvalue weighted by molar-refractivity contribution is 7.90. The van der Waals surface area contributed by atoms with Gasteiger partial charge in [-0.2, -0.15) is 13.2 Å². The Morgan fingerprint density at radius 1 is 1.00 bits per heavy atom. The van der Waals surface area contributed by atoms with Gasteiger partial charge in [-0.25, -0.2) is 13.2 Å². The molecule has 4 aromatic rings. The Morgan fingerprint density at radius 2 is 1.65 bits per heavy atom. The Balaban J connectivity index is 2.16. The lowest BCUT2D eigenvalue weighted by Gasteiger charge is -2.21. The zero-order valence-corrected chi connectivity index (χ0v) is 21.5. The number of hydrogen-bond donors (Lipinski definition) is 1. The lowest BCUT2D eigenvalue weighted by Crippen LogP contribution is -2.08. The van der Waals surface area contributed by atoms with Crippen LogP contribution in [0.3, 0.4) is 0 Å². The number of hydrogen-bond acceptors (Lipinski definition) is 4. The van der Waals surface area contributed by atoms with Gasteiger partial charge in [-0.15, -0.1) is 0 Å². The van der Waals surface area contributed by atoms with Gasteiger partial charge in [0.05, 0.1) is 26.6 Å². The summed E-state index contributed by atoms with van der Waals surface area (Å²) < 4.78 is 66.2. The molecule has 0 saturated carbocycles. The van der Waals surface area contributed by atoms with Crippen molar-refractivity contribution in [3.8, 4) is 22.3 Å². The van der Waals surface area contributed by atoms with Crippen molar-refractivity contribution in [2.75, 3.05) is 6.26 Å². The molecule has 0 saturated heterocycles. The van der Waals surface area contributed by atoms with Crippen molar-refractivity contribution >= 4 is 38.3 Å². The number of nitrogens with zero attached hydrogens (tertiary/aromatic N) is 1. The van der Waals surface area contributed by atoms with Crippen LogP contribution in [0.15, 0.2) is 65.7 Å². The third kappa shape index (κ3) is 4.93. The zero-order chi connectivity index (χ0) is 27.3. The van der Waals surface area contributed by atoms with Crippen LogP contribution in [0.5, 0.6) is 0 Å². The Labute approximate surface area is 216 Å². The number of carboxylic acids is 1. The van der Waals surface area contributed by atoms with Gasteiger partial charge >= 0.3 is 12.1 Å². The molecule has 1 aromatic heterocycles. The smallest absolute Gasteiger partial charge is 0.418 e. The number of carbonyl (C=O) groups is 1. The highest BCUT2D eigenvalue weighted by Gasteiger charge is 2.34. The lowest BCUT2D eigenvalue weighted by atomic mass is 9.86. The molecule has 37 heavy (non-hydrogen) atoms.